The van der Waals surface area contributed by atoms with Crippen LogP contribution in [0.2, 0.25) is 0 Å². The second kappa shape index (κ2) is 5.88. The van der Waals surface area contributed by atoms with Gasteiger partial charge in [-0.05, 0) is 40.6 Å². The zero-order chi connectivity index (χ0) is 14.7. The van der Waals surface area contributed by atoms with Crippen molar-refractivity contribution in [2.45, 2.75) is 6.54 Å². The average Bonchev–Trinajstić information content (AvgIpc) is 3.15. The Bertz CT molecular complexity index is 776. The van der Waals surface area contributed by atoms with Crippen LogP contribution in [-0.2, 0) is 11.3 Å². The van der Waals surface area contributed by atoms with E-state index < -0.39 is 0 Å². The molecule has 0 fully saturated rings. The molecule has 3 rings (SSSR count). The third kappa shape index (κ3) is 3.00. The maximum absolute atomic E-state index is 12.1. The Morgan fingerprint density at radius 2 is 2.29 bits per heavy atom. The SMILES string of the molecule is CN(Cc1nnc2ccccn12)C(=O)/C=C/c1ccsc1. The van der Waals surface area contributed by atoms with Crippen molar-refractivity contribution in [3.05, 3.63) is 58.7 Å². The van der Waals surface area contributed by atoms with Crippen LogP contribution in [0.25, 0.3) is 11.7 Å². The Morgan fingerprint density at radius 1 is 1.38 bits per heavy atom. The fourth-order valence-corrected chi connectivity index (χ4v) is 2.58. The van der Waals surface area contributed by atoms with E-state index in [9.17, 15) is 4.79 Å². The van der Waals surface area contributed by atoms with E-state index in [0.29, 0.717) is 6.54 Å². The number of likely N-dealkylation sites (N-methyl/N-ethyl adjacent to an activating group) is 1. The van der Waals surface area contributed by atoms with Crippen LogP contribution in [0.3, 0.4) is 0 Å². The molecule has 0 aliphatic heterocycles. The lowest BCUT2D eigenvalue weighted by molar-refractivity contribution is -0.125. The van der Waals surface area contributed by atoms with Gasteiger partial charge < -0.3 is 4.90 Å². The summed E-state index contributed by atoms with van der Waals surface area (Å²) in [6.07, 6.45) is 5.28. The Kier molecular flexibility index (Phi) is 3.79. The maximum Gasteiger partial charge on any atom is 0.246 e. The minimum Gasteiger partial charge on any atom is -0.335 e. The average molecular weight is 298 g/mol. The Morgan fingerprint density at radius 3 is 3.10 bits per heavy atom. The summed E-state index contributed by atoms with van der Waals surface area (Å²) >= 11 is 1.61. The molecular formula is C15H14N4OS. The fourth-order valence-electron chi connectivity index (χ4n) is 1.95. The number of nitrogens with zero attached hydrogens (tertiary/aromatic N) is 4. The van der Waals surface area contributed by atoms with Crippen LogP contribution in [0.4, 0.5) is 0 Å². The minimum absolute atomic E-state index is 0.0612. The molecule has 0 unspecified atom stereocenters. The Hall–Kier alpha value is -2.47. The van der Waals surface area contributed by atoms with Crippen molar-refractivity contribution in [3.8, 4) is 0 Å². The summed E-state index contributed by atoms with van der Waals surface area (Å²) in [4.78, 5) is 13.7. The van der Waals surface area contributed by atoms with Crippen LogP contribution in [0, 0.1) is 0 Å². The summed E-state index contributed by atoms with van der Waals surface area (Å²) in [5.41, 5.74) is 1.82. The molecule has 5 nitrogen and oxygen atoms in total. The van der Waals surface area contributed by atoms with Gasteiger partial charge in [-0.3, -0.25) is 9.20 Å². The summed E-state index contributed by atoms with van der Waals surface area (Å²) in [7, 11) is 1.75. The van der Waals surface area contributed by atoms with Crippen LogP contribution in [0.5, 0.6) is 0 Å². The highest BCUT2D eigenvalue weighted by atomic mass is 32.1. The minimum atomic E-state index is -0.0612. The predicted molar refractivity (Wildman–Crippen MR) is 82.8 cm³/mol. The monoisotopic (exact) mass is 298 g/mol. The van der Waals surface area contributed by atoms with Crippen LogP contribution in [0.1, 0.15) is 11.4 Å². The summed E-state index contributed by atoms with van der Waals surface area (Å²) < 4.78 is 1.88. The van der Waals surface area contributed by atoms with E-state index in [1.807, 2.05) is 51.7 Å². The lowest BCUT2D eigenvalue weighted by atomic mass is 10.3. The first kappa shape index (κ1) is 13.5. The number of fused-ring (bicyclic) bond motifs is 1. The second-order valence-electron chi connectivity index (χ2n) is 4.63. The highest BCUT2D eigenvalue weighted by molar-refractivity contribution is 7.08. The number of amides is 1. The van der Waals surface area contributed by atoms with Crippen molar-refractivity contribution >= 4 is 29.0 Å². The number of carbonyl (C=O) groups excluding carboxylic acids is 1. The van der Waals surface area contributed by atoms with Crippen LogP contribution < -0.4 is 0 Å². The largest absolute Gasteiger partial charge is 0.335 e. The molecule has 3 heterocycles. The lowest BCUT2D eigenvalue weighted by Gasteiger charge is -2.13. The molecule has 106 valence electrons. The first-order valence-corrected chi connectivity index (χ1v) is 7.42. The second-order valence-corrected chi connectivity index (χ2v) is 5.41. The normalized spacial score (nSPS) is 11.3. The van der Waals surface area contributed by atoms with E-state index in [1.54, 1.807) is 29.4 Å². The third-order valence-corrected chi connectivity index (χ3v) is 3.80. The predicted octanol–water partition coefficient (Wildman–Crippen LogP) is 2.46. The van der Waals surface area contributed by atoms with Gasteiger partial charge in [-0.15, -0.1) is 10.2 Å². The van der Waals surface area contributed by atoms with E-state index in [0.717, 1.165) is 17.0 Å². The van der Waals surface area contributed by atoms with Gasteiger partial charge in [0.05, 0.1) is 6.54 Å². The number of rotatable bonds is 4. The van der Waals surface area contributed by atoms with E-state index in [-0.39, 0.29) is 5.91 Å². The molecule has 0 atom stereocenters. The first-order valence-electron chi connectivity index (χ1n) is 6.48. The highest BCUT2D eigenvalue weighted by Crippen LogP contribution is 2.09. The zero-order valence-electron chi connectivity index (χ0n) is 11.5. The number of hydrogen-bond acceptors (Lipinski definition) is 4. The molecule has 0 aliphatic rings. The molecule has 0 N–H and O–H groups in total. The molecule has 0 saturated carbocycles. The number of carbonyl (C=O) groups is 1. The lowest BCUT2D eigenvalue weighted by Crippen LogP contribution is -2.25. The van der Waals surface area contributed by atoms with Gasteiger partial charge >= 0.3 is 0 Å². The first-order chi connectivity index (χ1) is 10.2. The fraction of sp³-hybridized carbons (Fsp3) is 0.133. The van der Waals surface area contributed by atoms with Gasteiger partial charge in [-0.2, -0.15) is 11.3 Å². The van der Waals surface area contributed by atoms with Gasteiger partial charge in [0.25, 0.3) is 0 Å². The molecule has 3 aromatic heterocycles. The summed E-state index contributed by atoms with van der Waals surface area (Å²) in [5.74, 6) is 0.680. The Labute approximate surface area is 126 Å². The highest BCUT2D eigenvalue weighted by Gasteiger charge is 2.10. The number of pyridine rings is 1. The number of hydrogen-bond donors (Lipinski definition) is 0. The van der Waals surface area contributed by atoms with Crippen molar-refractivity contribution in [1.82, 2.24) is 19.5 Å². The zero-order valence-corrected chi connectivity index (χ0v) is 12.3. The van der Waals surface area contributed by atoms with E-state index in [4.69, 9.17) is 0 Å². The molecule has 0 aromatic carbocycles. The Balaban J connectivity index is 1.71. The van der Waals surface area contributed by atoms with Gasteiger partial charge in [0.1, 0.15) is 0 Å². The van der Waals surface area contributed by atoms with Crippen molar-refractivity contribution in [2.24, 2.45) is 0 Å². The van der Waals surface area contributed by atoms with Gasteiger partial charge in [-0.1, -0.05) is 6.07 Å². The van der Waals surface area contributed by atoms with Crippen molar-refractivity contribution < 1.29 is 4.79 Å². The van der Waals surface area contributed by atoms with Gasteiger partial charge in [-0.25, -0.2) is 0 Å². The number of thiophene rings is 1. The van der Waals surface area contributed by atoms with Gasteiger partial charge in [0, 0.05) is 19.3 Å². The van der Waals surface area contributed by atoms with E-state index in [2.05, 4.69) is 10.2 Å². The topological polar surface area (TPSA) is 50.5 Å². The maximum atomic E-state index is 12.1. The molecule has 0 bridgehead atoms. The van der Waals surface area contributed by atoms with Crippen LogP contribution in [-0.4, -0.2) is 32.5 Å². The van der Waals surface area contributed by atoms with Crippen molar-refractivity contribution in [3.63, 3.8) is 0 Å². The van der Waals surface area contributed by atoms with E-state index >= 15 is 0 Å². The summed E-state index contributed by atoms with van der Waals surface area (Å²) in [5, 5.41) is 12.2. The smallest absolute Gasteiger partial charge is 0.246 e. The molecule has 1 amide bonds. The van der Waals surface area contributed by atoms with Crippen LogP contribution in [0.15, 0.2) is 47.3 Å². The molecule has 0 aliphatic carbocycles. The standard InChI is InChI=1S/C15H14N4OS/c1-18(15(20)6-5-12-7-9-21-11-12)10-14-17-16-13-4-2-3-8-19(13)14/h2-9,11H,10H2,1H3/b6-5+. The van der Waals surface area contributed by atoms with E-state index in [1.165, 1.54) is 0 Å². The summed E-state index contributed by atoms with van der Waals surface area (Å²) in [6.45, 7) is 0.415. The molecule has 21 heavy (non-hydrogen) atoms. The quantitative estimate of drug-likeness (QED) is 0.695. The summed E-state index contributed by atoms with van der Waals surface area (Å²) in [6, 6.07) is 7.68. The van der Waals surface area contributed by atoms with Gasteiger partial charge in [0.2, 0.25) is 5.91 Å². The molecular weight excluding hydrogens is 284 g/mol. The third-order valence-electron chi connectivity index (χ3n) is 3.10. The van der Waals surface area contributed by atoms with Crippen molar-refractivity contribution in [2.75, 3.05) is 7.05 Å². The van der Waals surface area contributed by atoms with Crippen molar-refractivity contribution in [1.29, 1.82) is 0 Å². The number of aromatic nitrogens is 3. The molecule has 6 heteroatoms. The molecule has 0 radical (unpaired) electrons. The molecule has 3 aromatic rings. The molecule has 0 saturated heterocycles. The molecule has 0 spiro atoms. The van der Waals surface area contributed by atoms with Crippen LogP contribution >= 0.6 is 11.3 Å². The van der Waals surface area contributed by atoms with Gasteiger partial charge in [0.15, 0.2) is 11.5 Å².